The third kappa shape index (κ3) is 4.24. The predicted octanol–water partition coefficient (Wildman–Crippen LogP) is -0.0340. The Balaban J connectivity index is 2.79. The minimum absolute atomic E-state index is 0.336. The predicted molar refractivity (Wildman–Crippen MR) is 60.2 cm³/mol. The van der Waals surface area contributed by atoms with E-state index in [-0.39, 0.29) is 6.54 Å². The first-order valence-corrected chi connectivity index (χ1v) is 9.26. The third-order valence-electron chi connectivity index (χ3n) is 1.97. The van der Waals surface area contributed by atoms with Crippen LogP contribution in [0.5, 0.6) is 0 Å². The van der Waals surface area contributed by atoms with Crippen LogP contribution in [0.4, 0.5) is 4.79 Å². The number of imide groups is 1. The largest absolute Gasteiger partial charge is 0.343 e. The summed E-state index contributed by atoms with van der Waals surface area (Å²) in [6, 6.07) is -0.803. The van der Waals surface area contributed by atoms with E-state index in [1.54, 1.807) is 0 Å². The molecule has 8 nitrogen and oxygen atoms in total. The van der Waals surface area contributed by atoms with Gasteiger partial charge in [-0.15, -0.1) is 0 Å². The van der Waals surface area contributed by atoms with Gasteiger partial charge in [0.15, 0.2) is 0 Å². The molecule has 0 aromatic rings. The molecule has 0 spiro atoms. The summed E-state index contributed by atoms with van der Waals surface area (Å²) in [6.07, 6.45) is -1.01. The molecule has 10 heteroatoms. The normalized spacial score (nSPS) is 23.8. The van der Waals surface area contributed by atoms with Crippen molar-refractivity contribution in [2.24, 2.45) is 0 Å². The average Bonchev–Trinajstić information content (AvgIpc) is 2.27. The molecular weight excluding hydrogens is 270 g/mol. The van der Waals surface area contributed by atoms with E-state index >= 15 is 0 Å². The van der Waals surface area contributed by atoms with Gasteiger partial charge in [-0.2, -0.15) is 0 Å². The van der Waals surface area contributed by atoms with Crippen LogP contribution in [0.25, 0.3) is 0 Å². The lowest BCUT2D eigenvalue weighted by Gasteiger charge is -2.18. The van der Waals surface area contributed by atoms with Gasteiger partial charge >= 0.3 is 6.03 Å². The molecule has 2 unspecified atom stereocenters. The Kier molecular flexibility index (Phi) is 3.84. The van der Waals surface area contributed by atoms with Gasteiger partial charge in [-0.1, -0.05) is 0 Å². The first kappa shape index (κ1) is 14.4. The maximum absolute atomic E-state index is 11.6. The lowest BCUT2D eigenvalue weighted by Crippen LogP contribution is -2.34. The summed E-state index contributed by atoms with van der Waals surface area (Å²) < 4.78 is 22.3. The molecule has 0 bridgehead atoms. The minimum Gasteiger partial charge on any atom is -0.343 e. The van der Waals surface area contributed by atoms with Crippen LogP contribution >= 0.6 is 14.7 Å². The van der Waals surface area contributed by atoms with Crippen LogP contribution in [0.15, 0.2) is 0 Å². The van der Waals surface area contributed by atoms with E-state index in [1.807, 2.05) is 0 Å². The van der Waals surface area contributed by atoms with Crippen molar-refractivity contribution < 1.29 is 28.5 Å². The van der Waals surface area contributed by atoms with Gasteiger partial charge in [-0.3, -0.25) is 18.8 Å². The van der Waals surface area contributed by atoms with Crippen LogP contribution in [0.2, 0.25) is 0 Å². The van der Waals surface area contributed by atoms with Gasteiger partial charge in [0.25, 0.3) is 5.91 Å². The number of hydrogen-bond acceptors (Lipinski definition) is 4. The Morgan fingerprint density at radius 3 is 2.00 bits per heavy atom. The molecule has 3 amide bonds. The molecule has 0 aromatic carbocycles. The smallest absolute Gasteiger partial charge is 0.328 e. The van der Waals surface area contributed by atoms with E-state index in [2.05, 4.69) is 0 Å². The zero-order valence-electron chi connectivity index (χ0n) is 9.44. The van der Waals surface area contributed by atoms with Crippen LogP contribution in [-0.4, -0.2) is 64.0 Å². The first-order chi connectivity index (χ1) is 7.49. The second-order valence-electron chi connectivity index (χ2n) is 4.19. The van der Waals surface area contributed by atoms with Crippen molar-refractivity contribution in [2.45, 2.75) is 0 Å². The maximum Gasteiger partial charge on any atom is 0.328 e. The monoisotopic (exact) mass is 284 g/mol. The lowest BCUT2D eigenvalue weighted by atomic mass is 10.6. The number of nitrogens with zero attached hydrogens (tertiary/aromatic N) is 2. The lowest BCUT2D eigenvalue weighted by molar-refractivity contribution is -0.124. The second-order valence-corrected chi connectivity index (χ2v) is 8.96. The van der Waals surface area contributed by atoms with Crippen molar-refractivity contribution in [1.29, 1.82) is 0 Å². The summed E-state index contributed by atoms with van der Waals surface area (Å²) in [5.41, 5.74) is 0. The highest BCUT2D eigenvalue weighted by atomic mass is 31.2. The summed E-state index contributed by atoms with van der Waals surface area (Å²) in [4.78, 5) is 42.8. The van der Waals surface area contributed by atoms with Crippen molar-refractivity contribution in [3.63, 3.8) is 0 Å². The van der Waals surface area contributed by atoms with E-state index in [4.69, 9.17) is 9.79 Å². The van der Waals surface area contributed by atoms with Gasteiger partial charge in [-0.05, 0) is 0 Å². The van der Waals surface area contributed by atoms with E-state index in [9.17, 15) is 18.7 Å². The maximum atomic E-state index is 11.6. The number of carbonyl (C=O) groups is 2. The summed E-state index contributed by atoms with van der Waals surface area (Å²) in [6.45, 7) is 1.77. The van der Waals surface area contributed by atoms with Crippen LogP contribution in [0.3, 0.4) is 0 Å². The summed E-state index contributed by atoms with van der Waals surface area (Å²) in [5.74, 6) is -0.639. The SMILES string of the molecule is CP(=O)(O)CN1CC(=O)N(CP(C)(=O)O)C1=O. The fourth-order valence-corrected chi connectivity index (χ4v) is 3.08. The van der Waals surface area contributed by atoms with Crippen molar-refractivity contribution >= 4 is 26.7 Å². The number of carbonyl (C=O) groups excluding carboxylic acids is 2. The van der Waals surface area contributed by atoms with Gasteiger partial charge in [0.05, 0.1) is 6.29 Å². The Bertz CT molecular complexity index is 438. The zero-order valence-corrected chi connectivity index (χ0v) is 11.2. The first-order valence-electron chi connectivity index (χ1n) is 4.67. The highest BCUT2D eigenvalue weighted by molar-refractivity contribution is 7.57. The molecule has 1 aliphatic heterocycles. The molecule has 2 N–H and O–H groups in total. The van der Waals surface area contributed by atoms with Gasteiger partial charge in [0.1, 0.15) is 12.8 Å². The van der Waals surface area contributed by atoms with E-state index in [0.29, 0.717) is 4.90 Å². The van der Waals surface area contributed by atoms with Crippen LogP contribution in [0, 0.1) is 0 Å². The number of rotatable bonds is 4. The molecular formula is C7H14N2O6P2. The van der Waals surface area contributed by atoms with Crippen LogP contribution in [-0.2, 0) is 13.9 Å². The van der Waals surface area contributed by atoms with Gasteiger partial charge in [-0.25, -0.2) is 4.79 Å². The van der Waals surface area contributed by atoms with Crippen LogP contribution in [0.1, 0.15) is 0 Å². The number of amides is 3. The van der Waals surface area contributed by atoms with Crippen LogP contribution < -0.4 is 0 Å². The van der Waals surface area contributed by atoms with Crippen molar-refractivity contribution in [3.8, 4) is 0 Å². The standard InChI is InChI=1S/C7H14N2O6P2/c1-16(12,13)4-8-3-6(10)9(7(8)11)5-17(2,14)15/h3-5H2,1-2H3,(H,12,13)(H,14,15). The third-order valence-corrected chi connectivity index (χ3v) is 3.64. The second kappa shape index (κ2) is 4.53. The molecule has 17 heavy (non-hydrogen) atoms. The molecule has 0 aromatic heterocycles. The van der Waals surface area contributed by atoms with Gasteiger partial charge < -0.3 is 14.7 Å². The summed E-state index contributed by atoms with van der Waals surface area (Å²) in [5, 5.41) is 0. The topological polar surface area (TPSA) is 115 Å². The summed E-state index contributed by atoms with van der Waals surface area (Å²) in [7, 11) is -7.00. The quantitative estimate of drug-likeness (QED) is 0.553. The van der Waals surface area contributed by atoms with Crippen molar-refractivity contribution in [3.05, 3.63) is 0 Å². The average molecular weight is 284 g/mol. The Labute approximate surface area is 98.1 Å². The fraction of sp³-hybridized carbons (Fsp3) is 0.714. The molecule has 1 rings (SSSR count). The molecule has 0 radical (unpaired) electrons. The molecule has 0 saturated carbocycles. The fourth-order valence-electron chi connectivity index (χ4n) is 1.42. The number of urea groups is 1. The minimum atomic E-state index is -3.54. The molecule has 0 aliphatic carbocycles. The molecule has 2 atom stereocenters. The Morgan fingerprint density at radius 1 is 1.12 bits per heavy atom. The number of hydrogen-bond donors (Lipinski definition) is 2. The zero-order chi connectivity index (χ0) is 13.4. The van der Waals surface area contributed by atoms with Crippen molar-refractivity contribution in [2.75, 3.05) is 32.4 Å². The Hall–Kier alpha value is -0.680. The van der Waals surface area contributed by atoms with Crippen molar-refractivity contribution in [1.82, 2.24) is 9.80 Å². The summed E-state index contributed by atoms with van der Waals surface area (Å²) >= 11 is 0. The Morgan fingerprint density at radius 2 is 1.59 bits per heavy atom. The molecule has 1 heterocycles. The van der Waals surface area contributed by atoms with E-state index in [1.165, 1.54) is 0 Å². The molecule has 1 saturated heterocycles. The van der Waals surface area contributed by atoms with Gasteiger partial charge in [0.2, 0.25) is 14.7 Å². The molecule has 1 fully saturated rings. The highest BCUT2D eigenvalue weighted by Crippen LogP contribution is 2.40. The van der Waals surface area contributed by atoms with Gasteiger partial charge in [0, 0.05) is 13.3 Å². The van der Waals surface area contributed by atoms with E-state index in [0.717, 1.165) is 18.2 Å². The molecule has 98 valence electrons. The molecule has 1 aliphatic rings. The highest BCUT2D eigenvalue weighted by Gasteiger charge is 2.40. The van der Waals surface area contributed by atoms with E-state index < -0.39 is 39.2 Å².